The van der Waals surface area contributed by atoms with Gasteiger partial charge in [-0.2, -0.15) is 0 Å². The molecule has 0 atom stereocenters. The summed E-state index contributed by atoms with van der Waals surface area (Å²) in [4.78, 5) is 9.62. The fraction of sp³-hybridized carbons (Fsp3) is 0.333. The smallest absolute Gasteiger partial charge is 0.216 e. The second-order valence-corrected chi connectivity index (χ2v) is 4.79. The van der Waals surface area contributed by atoms with Gasteiger partial charge in [0.05, 0.1) is 29.7 Å². The van der Waals surface area contributed by atoms with Gasteiger partial charge in [0.1, 0.15) is 0 Å². The molecule has 0 aromatic carbocycles. The van der Waals surface area contributed by atoms with Gasteiger partial charge in [0.25, 0.3) is 0 Å². The lowest BCUT2D eigenvalue weighted by Crippen LogP contribution is -2.04. The molecule has 2 N–H and O–H groups in total. The van der Waals surface area contributed by atoms with Gasteiger partial charge >= 0.3 is 0 Å². The van der Waals surface area contributed by atoms with Crippen LogP contribution in [-0.4, -0.2) is 16.6 Å². The van der Waals surface area contributed by atoms with E-state index in [9.17, 15) is 0 Å². The van der Waals surface area contributed by atoms with E-state index in [4.69, 9.17) is 10.5 Å². The van der Waals surface area contributed by atoms with Crippen LogP contribution in [0, 0.1) is 13.8 Å². The van der Waals surface area contributed by atoms with Gasteiger partial charge in [0, 0.05) is 16.9 Å². The minimum atomic E-state index is 0.612. The van der Waals surface area contributed by atoms with Crippen molar-refractivity contribution < 1.29 is 4.74 Å². The van der Waals surface area contributed by atoms with Gasteiger partial charge < -0.3 is 10.5 Å². The van der Waals surface area contributed by atoms with Crippen LogP contribution in [0.4, 0.5) is 5.69 Å². The molecule has 0 spiro atoms. The Bertz CT molecular complexity index is 510. The van der Waals surface area contributed by atoms with Crippen LogP contribution in [0.5, 0.6) is 5.88 Å². The third kappa shape index (κ3) is 2.94. The van der Waals surface area contributed by atoms with Crippen LogP contribution in [0.15, 0.2) is 17.8 Å². The summed E-state index contributed by atoms with van der Waals surface area (Å²) in [6, 6.07) is 1.86. The van der Waals surface area contributed by atoms with E-state index in [0.29, 0.717) is 18.2 Å². The van der Waals surface area contributed by atoms with E-state index in [1.54, 1.807) is 17.5 Å². The van der Waals surface area contributed by atoms with Crippen LogP contribution in [0.25, 0.3) is 0 Å². The summed E-state index contributed by atoms with van der Waals surface area (Å²) in [5.74, 6) is 0.654. The van der Waals surface area contributed by atoms with Gasteiger partial charge in [0.15, 0.2) is 0 Å². The fourth-order valence-electron chi connectivity index (χ4n) is 1.54. The highest BCUT2D eigenvalue weighted by atomic mass is 32.1. The Kier molecular flexibility index (Phi) is 3.58. The minimum Gasteiger partial charge on any atom is -0.477 e. The molecule has 0 radical (unpaired) electrons. The monoisotopic (exact) mass is 249 g/mol. The second-order valence-electron chi connectivity index (χ2n) is 3.85. The number of hydrogen-bond acceptors (Lipinski definition) is 5. The Morgan fingerprint density at radius 3 is 2.82 bits per heavy atom. The number of nitrogen functional groups attached to an aromatic ring is 1. The molecule has 0 saturated heterocycles. The Hall–Kier alpha value is -1.62. The molecule has 0 aliphatic heterocycles. The van der Waals surface area contributed by atoms with Crippen molar-refractivity contribution in [3.05, 3.63) is 33.9 Å². The minimum absolute atomic E-state index is 0.612. The SMILES string of the molecule is Cc1cc(N)cnc1OCCc1scnc1C. The first kappa shape index (κ1) is 11.9. The number of ether oxygens (including phenoxy) is 1. The van der Waals surface area contributed by atoms with Crippen molar-refractivity contribution in [3.8, 4) is 5.88 Å². The van der Waals surface area contributed by atoms with Crippen molar-refractivity contribution in [3.63, 3.8) is 0 Å². The summed E-state index contributed by atoms with van der Waals surface area (Å²) < 4.78 is 5.63. The predicted molar refractivity (Wildman–Crippen MR) is 69.4 cm³/mol. The summed E-state index contributed by atoms with van der Waals surface area (Å²) in [5.41, 5.74) is 10.2. The number of nitrogens with two attached hydrogens (primary N) is 1. The summed E-state index contributed by atoms with van der Waals surface area (Å²) in [5, 5.41) is 0. The van der Waals surface area contributed by atoms with Crippen LogP contribution in [0.3, 0.4) is 0 Å². The molecule has 0 unspecified atom stereocenters. The Balaban J connectivity index is 1.92. The van der Waals surface area contributed by atoms with Gasteiger partial charge in [-0.15, -0.1) is 11.3 Å². The van der Waals surface area contributed by atoms with Gasteiger partial charge in [-0.3, -0.25) is 0 Å². The molecule has 0 saturated carbocycles. The maximum absolute atomic E-state index is 5.63. The zero-order chi connectivity index (χ0) is 12.3. The first-order valence-corrected chi connectivity index (χ1v) is 6.28. The molecule has 5 heteroatoms. The van der Waals surface area contributed by atoms with E-state index in [-0.39, 0.29) is 0 Å². The zero-order valence-corrected chi connectivity index (χ0v) is 10.8. The van der Waals surface area contributed by atoms with Crippen LogP contribution in [-0.2, 0) is 6.42 Å². The van der Waals surface area contributed by atoms with Gasteiger partial charge in [-0.1, -0.05) is 0 Å². The molecule has 0 aliphatic rings. The topological polar surface area (TPSA) is 61.0 Å². The summed E-state index contributed by atoms with van der Waals surface area (Å²) in [7, 11) is 0. The third-order valence-electron chi connectivity index (χ3n) is 2.46. The van der Waals surface area contributed by atoms with Crippen molar-refractivity contribution >= 4 is 17.0 Å². The lowest BCUT2D eigenvalue weighted by molar-refractivity contribution is 0.308. The number of thiazole rings is 1. The first-order valence-electron chi connectivity index (χ1n) is 5.40. The molecule has 2 aromatic heterocycles. The van der Waals surface area contributed by atoms with Crippen LogP contribution in [0.2, 0.25) is 0 Å². The average molecular weight is 249 g/mol. The molecular formula is C12H15N3OS. The average Bonchev–Trinajstić information content (AvgIpc) is 2.68. The van der Waals surface area contributed by atoms with E-state index < -0.39 is 0 Å². The summed E-state index contributed by atoms with van der Waals surface area (Å²) in [6.07, 6.45) is 2.47. The number of anilines is 1. The molecule has 0 amide bonds. The van der Waals surface area contributed by atoms with Crippen molar-refractivity contribution in [1.29, 1.82) is 0 Å². The van der Waals surface area contributed by atoms with E-state index in [0.717, 1.165) is 17.7 Å². The number of aromatic nitrogens is 2. The number of nitrogens with zero attached hydrogens (tertiary/aromatic N) is 2. The van der Waals surface area contributed by atoms with Crippen molar-refractivity contribution in [2.75, 3.05) is 12.3 Å². The van der Waals surface area contributed by atoms with Crippen molar-refractivity contribution in [2.24, 2.45) is 0 Å². The molecule has 90 valence electrons. The zero-order valence-electron chi connectivity index (χ0n) is 9.93. The lowest BCUT2D eigenvalue weighted by atomic mass is 10.3. The van der Waals surface area contributed by atoms with Crippen LogP contribution in [0.1, 0.15) is 16.1 Å². The molecule has 2 aromatic rings. The molecule has 0 bridgehead atoms. The van der Waals surface area contributed by atoms with E-state index in [2.05, 4.69) is 9.97 Å². The molecule has 0 aliphatic carbocycles. The van der Waals surface area contributed by atoms with E-state index in [1.165, 1.54) is 4.88 Å². The predicted octanol–water partition coefficient (Wildman–Crippen LogP) is 2.36. The molecule has 2 heterocycles. The van der Waals surface area contributed by atoms with Gasteiger partial charge in [-0.05, 0) is 19.9 Å². The second kappa shape index (κ2) is 5.14. The molecular weight excluding hydrogens is 234 g/mol. The summed E-state index contributed by atoms with van der Waals surface area (Å²) >= 11 is 1.66. The quantitative estimate of drug-likeness (QED) is 0.903. The largest absolute Gasteiger partial charge is 0.477 e. The number of aryl methyl sites for hydroxylation is 2. The Labute approximate surface area is 104 Å². The maximum atomic E-state index is 5.63. The highest BCUT2D eigenvalue weighted by molar-refractivity contribution is 7.09. The number of rotatable bonds is 4. The lowest BCUT2D eigenvalue weighted by Gasteiger charge is -2.07. The highest BCUT2D eigenvalue weighted by Crippen LogP contribution is 2.17. The van der Waals surface area contributed by atoms with Gasteiger partial charge in [0.2, 0.25) is 5.88 Å². The normalized spacial score (nSPS) is 10.5. The van der Waals surface area contributed by atoms with Gasteiger partial charge in [-0.25, -0.2) is 9.97 Å². The van der Waals surface area contributed by atoms with E-state index in [1.807, 2.05) is 25.4 Å². The Morgan fingerprint density at radius 1 is 1.35 bits per heavy atom. The van der Waals surface area contributed by atoms with Crippen molar-refractivity contribution in [1.82, 2.24) is 9.97 Å². The maximum Gasteiger partial charge on any atom is 0.216 e. The molecule has 2 rings (SSSR count). The number of pyridine rings is 1. The van der Waals surface area contributed by atoms with E-state index >= 15 is 0 Å². The molecule has 0 fully saturated rings. The molecule has 4 nitrogen and oxygen atoms in total. The van der Waals surface area contributed by atoms with Crippen LogP contribution >= 0.6 is 11.3 Å². The molecule has 17 heavy (non-hydrogen) atoms. The van der Waals surface area contributed by atoms with Crippen molar-refractivity contribution in [2.45, 2.75) is 20.3 Å². The van der Waals surface area contributed by atoms with Crippen LogP contribution < -0.4 is 10.5 Å². The standard InChI is InChI=1S/C12H15N3OS/c1-8-5-10(13)6-14-12(8)16-4-3-11-9(2)15-7-17-11/h5-7H,3-4,13H2,1-2H3. The first-order chi connectivity index (χ1) is 8.16. The number of hydrogen-bond donors (Lipinski definition) is 1. The third-order valence-corrected chi connectivity index (χ3v) is 3.46. The summed E-state index contributed by atoms with van der Waals surface area (Å²) in [6.45, 7) is 4.57. The highest BCUT2D eigenvalue weighted by Gasteiger charge is 2.04. The Morgan fingerprint density at radius 2 is 2.18 bits per heavy atom. The fourth-order valence-corrected chi connectivity index (χ4v) is 2.30.